The Kier molecular flexibility index (Phi) is 3.57. The highest BCUT2D eigenvalue weighted by molar-refractivity contribution is 7.11. The maximum absolute atomic E-state index is 4.55. The fourth-order valence-electron chi connectivity index (χ4n) is 1.96. The summed E-state index contributed by atoms with van der Waals surface area (Å²) in [5.41, 5.74) is 2.04. The molecule has 4 nitrogen and oxygen atoms in total. The molecule has 0 atom stereocenters. The number of imidazole rings is 1. The lowest BCUT2D eigenvalue weighted by atomic mass is 10.4. The molecule has 0 fully saturated rings. The Morgan fingerprint density at radius 1 is 1.32 bits per heavy atom. The minimum atomic E-state index is 0.767. The quantitative estimate of drug-likeness (QED) is 0.776. The third kappa shape index (κ3) is 2.83. The molecule has 0 aromatic carbocycles. The molecule has 0 unspecified atom stereocenters. The maximum atomic E-state index is 4.55. The van der Waals surface area contributed by atoms with Crippen LogP contribution in [0.15, 0.2) is 36.8 Å². The van der Waals surface area contributed by atoms with E-state index in [2.05, 4.69) is 28.4 Å². The summed E-state index contributed by atoms with van der Waals surface area (Å²) in [4.78, 5) is 10.3. The fourth-order valence-corrected chi connectivity index (χ4v) is 2.80. The number of aromatic nitrogens is 3. The van der Waals surface area contributed by atoms with E-state index in [9.17, 15) is 0 Å². The highest BCUT2D eigenvalue weighted by Crippen LogP contribution is 2.13. The van der Waals surface area contributed by atoms with E-state index in [-0.39, 0.29) is 0 Å². The normalized spacial score (nSPS) is 11.2. The first-order valence-electron chi connectivity index (χ1n) is 6.42. The number of hydrogen-bond acceptors (Lipinski definition) is 4. The summed E-state index contributed by atoms with van der Waals surface area (Å²) < 4.78 is 2.04. The van der Waals surface area contributed by atoms with Crippen molar-refractivity contribution in [2.75, 3.05) is 0 Å². The van der Waals surface area contributed by atoms with Crippen LogP contribution in [0.4, 0.5) is 0 Å². The molecule has 0 saturated carbocycles. The van der Waals surface area contributed by atoms with Gasteiger partial charge in [0.25, 0.3) is 0 Å². The molecule has 0 aliphatic rings. The highest BCUT2D eigenvalue weighted by atomic mass is 32.1. The summed E-state index contributed by atoms with van der Waals surface area (Å²) in [7, 11) is 0. The molecular formula is C14H16N4S. The minimum Gasteiger partial charge on any atom is -0.307 e. The van der Waals surface area contributed by atoms with Crippen molar-refractivity contribution in [3.05, 3.63) is 52.4 Å². The highest BCUT2D eigenvalue weighted by Gasteiger charge is 2.02. The summed E-state index contributed by atoms with van der Waals surface area (Å²) in [5.74, 6) is 0. The number of nitrogens with one attached hydrogen (secondary N) is 1. The summed E-state index contributed by atoms with van der Waals surface area (Å²) in [6.45, 7) is 3.72. The summed E-state index contributed by atoms with van der Waals surface area (Å²) >= 11 is 1.77. The first-order valence-corrected chi connectivity index (χ1v) is 7.23. The molecule has 0 aliphatic heterocycles. The summed E-state index contributed by atoms with van der Waals surface area (Å²) in [5, 5.41) is 4.53. The number of rotatable bonds is 5. The molecule has 0 spiro atoms. The minimum absolute atomic E-state index is 0.767. The molecule has 98 valence electrons. The van der Waals surface area contributed by atoms with E-state index < -0.39 is 0 Å². The average molecular weight is 272 g/mol. The third-order valence-corrected chi connectivity index (χ3v) is 4.09. The first kappa shape index (κ1) is 12.3. The number of thiazole rings is 1. The Labute approximate surface area is 116 Å². The van der Waals surface area contributed by atoms with Gasteiger partial charge < -0.3 is 9.72 Å². The molecule has 0 bridgehead atoms. The van der Waals surface area contributed by atoms with Gasteiger partial charge in [-0.25, -0.2) is 9.97 Å². The van der Waals surface area contributed by atoms with Crippen LogP contribution >= 0.6 is 11.3 Å². The van der Waals surface area contributed by atoms with E-state index in [0.717, 1.165) is 35.9 Å². The van der Waals surface area contributed by atoms with Crippen LogP contribution < -0.4 is 5.32 Å². The second kappa shape index (κ2) is 5.50. The predicted molar refractivity (Wildman–Crippen MR) is 77.2 cm³/mol. The fraction of sp³-hybridized carbons (Fsp3) is 0.286. The largest absolute Gasteiger partial charge is 0.307 e. The Morgan fingerprint density at radius 2 is 2.26 bits per heavy atom. The monoisotopic (exact) mass is 272 g/mol. The molecule has 0 radical (unpaired) electrons. The van der Waals surface area contributed by atoms with Crippen molar-refractivity contribution in [1.82, 2.24) is 19.7 Å². The maximum Gasteiger partial charge on any atom is 0.137 e. The zero-order valence-electron chi connectivity index (χ0n) is 10.8. The summed E-state index contributed by atoms with van der Waals surface area (Å²) in [6, 6.07) is 6.02. The van der Waals surface area contributed by atoms with E-state index in [4.69, 9.17) is 0 Å². The van der Waals surface area contributed by atoms with Gasteiger partial charge >= 0.3 is 0 Å². The average Bonchev–Trinajstić information content (AvgIpc) is 3.04. The van der Waals surface area contributed by atoms with Crippen molar-refractivity contribution in [1.29, 1.82) is 0 Å². The Morgan fingerprint density at radius 3 is 3.05 bits per heavy atom. The third-order valence-electron chi connectivity index (χ3n) is 2.95. The lowest BCUT2D eigenvalue weighted by Gasteiger charge is -1.98. The molecule has 1 N–H and O–H groups in total. The molecule has 3 aromatic heterocycles. The molecule has 5 heteroatoms. The van der Waals surface area contributed by atoms with Gasteiger partial charge in [0.05, 0.1) is 5.69 Å². The van der Waals surface area contributed by atoms with Crippen LogP contribution in [0.2, 0.25) is 0 Å². The Hall–Kier alpha value is -1.72. The van der Waals surface area contributed by atoms with Crippen LogP contribution in [0.25, 0.3) is 5.65 Å². The van der Waals surface area contributed by atoms with Crippen molar-refractivity contribution >= 4 is 17.0 Å². The molecule has 3 rings (SSSR count). The van der Waals surface area contributed by atoms with Gasteiger partial charge in [-0.2, -0.15) is 0 Å². The molecule has 3 heterocycles. The summed E-state index contributed by atoms with van der Waals surface area (Å²) in [6.07, 6.45) is 7.10. The molecule has 19 heavy (non-hydrogen) atoms. The van der Waals surface area contributed by atoms with Crippen molar-refractivity contribution in [3.63, 3.8) is 0 Å². The molecule has 0 amide bonds. The van der Waals surface area contributed by atoms with Crippen molar-refractivity contribution in [3.8, 4) is 0 Å². The lowest BCUT2D eigenvalue weighted by molar-refractivity contribution is 0.679. The Bertz CT molecular complexity index is 638. The van der Waals surface area contributed by atoms with Gasteiger partial charge in [-0.3, -0.25) is 0 Å². The van der Waals surface area contributed by atoms with E-state index >= 15 is 0 Å². The predicted octanol–water partition coefficient (Wildman–Crippen LogP) is 2.64. The van der Waals surface area contributed by atoms with Crippen LogP contribution in [0.1, 0.15) is 22.5 Å². The number of aryl methyl sites for hydroxylation is 1. The van der Waals surface area contributed by atoms with Gasteiger partial charge in [-0.1, -0.05) is 13.0 Å². The first-order chi connectivity index (χ1) is 9.35. The van der Waals surface area contributed by atoms with Gasteiger partial charge in [0.2, 0.25) is 0 Å². The topological polar surface area (TPSA) is 42.2 Å². The van der Waals surface area contributed by atoms with Crippen LogP contribution in [-0.2, 0) is 19.5 Å². The standard InChI is InChI=1S/C14H16N4S/c1-2-12-8-16-14(19-12)9-15-7-11-10-18-6-4-3-5-13(18)17-11/h3-6,8,10,15H,2,7,9H2,1H3. The molecule has 0 aliphatic carbocycles. The molecule has 3 aromatic rings. The van der Waals surface area contributed by atoms with Crippen molar-refractivity contribution < 1.29 is 0 Å². The second-order valence-corrected chi connectivity index (χ2v) is 5.58. The van der Waals surface area contributed by atoms with Gasteiger partial charge in [0, 0.05) is 36.6 Å². The van der Waals surface area contributed by atoms with Crippen LogP contribution in [0, 0.1) is 0 Å². The lowest BCUT2D eigenvalue weighted by Crippen LogP contribution is -2.12. The van der Waals surface area contributed by atoms with Crippen LogP contribution in [0.5, 0.6) is 0 Å². The van der Waals surface area contributed by atoms with Crippen LogP contribution in [0.3, 0.4) is 0 Å². The number of nitrogens with zero attached hydrogens (tertiary/aromatic N) is 3. The number of fused-ring (bicyclic) bond motifs is 1. The zero-order chi connectivity index (χ0) is 13.1. The van der Waals surface area contributed by atoms with Crippen molar-refractivity contribution in [2.45, 2.75) is 26.4 Å². The van der Waals surface area contributed by atoms with Gasteiger partial charge in [0.15, 0.2) is 0 Å². The van der Waals surface area contributed by atoms with Gasteiger partial charge in [-0.05, 0) is 18.6 Å². The van der Waals surface area contributed by atoms with E-state index in [1.165, 1.54) is 4.88 Å². The van der Waals surface area contributed by atoms with Crippen LogP contribution in [-0.4, -0.2) is 14.4 Å². The number of hydrogen-bond donors (Lipinski definition) is 1. The van der Waals surface area contributed by atoms with E-state index in [1.807, 2.05) is 35.0 Å². The molecule has 0 saturated heterocycles. The molecular weight excluding hydrogens is 256 g/mol. The van der Waals surface area contributed by atoms with Gasteiger partial charge in [-0.15, -0.1) is 11.3 Å². The van der Waals surface area contributed by atoms with E-state index in [0.29, 0.717) is 0 Å². The smallest absolute Gasteiger partial charge is 0.137 e. The zero-order valence-corrected chi connectivity index (χ0v) is 11.7. The second-order valence-electron chi connectivity index (χ2n) is 4.38. The van der Waals surface area contributed by atoms with E-state index in [1.54, 1.807) is 11.3 Å². The van der Waals surface area contributed by atoms with Gasteiger partial charge in [0.1, 0.15) is 10.7 Å². The Balaban J connectivity index is 1.59. The van der Waals surface area contributed by atoms with Crippen molar-refractivity contribution in [2.24, 2.45) is 0 Å². The number of pyridine rings is 1. The SMILES string of the molecule is CCc1cnc(CNCc2cn3ccccc3n2)s1.